The average molecular weight is 759 g/mol. The Kier molecular flexibility index (Phi) is 12.5. The summed E-state index contributed by atoms with van der Waals surface area (Å²) in [6, 6.07) is 0. The second kappa shape index (κ2) is 15.8. The van der Waals surface area contributed by atoms with E-state index in [1.54, 1.807) is 0 Å². The Bertz CT molecular complexity index is 1280. The fourth-order valence-corrected chi connectivity index (χ4v) is 11.8. The number of methoxy groups -OCH3 is 1. The van der Waals surface area contributed by atoms with Crippen molar-refractivity contribution in [3.05, 3.63) is 11.6 Å². The van der Waals surface area contributed by atoms with Gasteiger partial charge in [0.05, 0.1) is 49.8 Å². The van der Waals surface area contributed by atoms with Crippen LogP contribution in [0.2, 0.25) is 0 Å². The van der Waals surface area contributed by atoms with Gasteiger partial charge >= 0.3 is 0 Å². The first-order valence-corrected chi connectivity index (χ1v) is 19.8. The van der Waals surface area contributed by atoms with Gasteiger partial charge in [-0.25, -0.2) is 0 Å². The molecule has 0 aromatic heterocycles. The molecule has 2 saturated heterocycles. The number of ether oxygens (including phenoxy) is 5. The smallest absolute Gasteiger partial charge is 0.187 e. The van der Waals surface area contributed by atoms with Crippen LogP contribution in [0.15, 0.2) is 11.6 Å². The van der Waals surface area contributed by atoms with Gasteiger partial charge in [0.1, 0.15) is 36.6 Å². The van der Waals surface area contributed by atoms with E-state index < -0.39 is 96.0 Å². The largest absolute Gasteiger partial charge is 0.390 e. The van der Waals surface area contributed by atoms with Crippen molar-refractivity contribution in [3.8, 4) is 0 Å². The van der Waals surface area contributed by atoms with Crippen LogP contribution in [0.4, 0.5) is 0 Å². The van der Waals surface area contributed by atoms with Crippen LogP contribution in [-0.2, 0) is 23.7 Å². The SMILES string of the molecule is CO[C@H]1[C@H](O[C@@H]2C=C3[C@H](O)C[C@]4(O)C(CC[C@@]5(C)C4[C@@H](O)[C@H](O)[C@@H]5[C@H](C)CCC(CO[C@@H]4OC[C@@H](O)[C@H](O)[C@H]4O)C(C)C)[C@@]3(C)CC2)OC[C@@H](O)[C@@H]1O. The maximum Gasteiger partial charge on any atom is 0.187 e. The Morgan fingerprint density at radius 3 is 2.13 bits per heavy atom. The molecule has 0 bridgehead atoms. The first-order valence-electron chi connectivity index (χ1n) is 19.8. The zero-order valence-electron chi connectivity index (χ0n) is 32.1. The van der Waals surface area contributed by atoms with Gasteiger partial charge in [0.2, 0.25) is 0 Å². The lowest BCUT2D eigenvalue weighted by Crippen LogP contribution is -2.66. The second-order valence-electron chi connectivity index (χ2n) is 18.1. The van der Waals surface area contributed by atoms with E-state index in [2.05, 4.69) is 34.6 Å². The van der Waals surface area contributed by atoms with Crippen LogP contribution in [0.3, 0.4) is 0 Å². The zero-order valence-corrected chi connectivity index (χ0v) is 32.1. The summed E-state index contributed by atoms with van der Waals surface area (Å²) in [5.74, 6) is -0.947. The van der Waals surface area contributed by atoms with E-state index in [1.165, 1.54) is 7.11 Å². The molecule has 0 aromatic carbocycles. The quantitative estimate of drug-likeness (QED) is 0.129. The molecular formula is C39H66O14. The maximum atomic E-state index is 12.8. The predicted octanol–water partition coefficient (Wildman–Crippen LogP) is 0.215. The topological polar surface area (TPSA) is 228 Å². The van der Waals surface area contributed by atoms with Crippen molar-refractivity contribution in [2.24, 2.45) is 46.3 Å². The van der Waals surface area contributed by atoms with Crippen molar-refractivity contribution in [1.29, 1.82) is 0 Å². The molecule has 20 atom stereocenters. The second-order valence-corrected chi connectivity index (χ2v) is 18.1. The fraction of sp³-hybridized carbons (Fsp3) is 0.949. The molecule has 6 rings (SSSR count). The third-order valence-corrected chi connectivity index (χ3v) is 14.8. The zero-order chi connectivity index (χ0) is 38.8. The number of hydrogen-bond acceptors (Lipinski definition) is 14. The lowest BCUT2D eigenvalue weighted by atomic mass is 9.43. The molecule has 0 spiro atoms. The molecule has 4 aliphatic carbocycles. The number of aliphatic hydroxyl groups is 9. The van der Waals surface area contributed by atoms with Gasteiger partial charge in [-0.1, -0.05) is 40.7 Å². The van der Waals surface area contributed by atoms with Crippen molar-refractivity contribution >= 4 is 0 Å². The minimum absolute atomic E-state index is 0.0192. The summed E-state index contributed by atoms with van der Waals surface area (Å²) in [5.41, 5.74) is -1.82. The van der Waals surface area contributed by atoms with Crippen molar-refractivity contribution in [2.75, 3.05) is 26.9 Å². The van der Waals surface area contributed by atoms with Crippen LogP contribution in [-0.4, -0.2) is 152 Å². The summed E-state index contributed by atoms with van der Waals surface area (Å²) in [4.78, 5) is 0. The highest BCUT2D eigenvalue weighted by molar-refractivity contribution is 5.33. The van der Waals surface area contributed by atoms with Crippen molar-refractivity contribution in [2.45, 2.75) is 159 Å². The van der Waals surface area contributed by atoms with Crippen LogP contribution < -0.4 is 0 Å². The Hall–Kier alpha value is -0.820. The Morgan fingerprint density at radius 1 is 0.811 bits per heavy atom. The molecule has 3 saturated carbocycles. The van der Waals surface area contributed by atoms with E-state index in [9.17, 15) is 46.0 Å². The third-order valence-electron chi connectivity index (χ3n) is 14.8. The number of hydrogen-bond donors (Lipinski definition) is 9. The van der Waals surface area contributed by atoms with Gasteiger partial charge in [-0.3, -0.25) is 0 Å². The van der Waals surface area contributed by atoms with Crippen LogP contribution in [0.1, 0.15) is 79.6 Å². The van der Waals surface area contributed by atoms with E-state index in [-0.39, 0.29) is 55.8 Å². The molecule has 3 unspecified atom stereocenters. The highest BCUT2D eigenvalue weighted by Gasteiger charge is 2.72. The highest BCUT2D eigenvalue weighted by Crippen LogP contribution is 2.69. The first-order chi connectivity index (χ1) is 24.9. The van der Waals surface area contributed by atoms with Gasteiger partial charge < -0.3 is 69.6 Å². The van der Waals surface area contributed by atoms with Gasteiger partial charge in [-0.2, -0.15) is 0 Å². The molecule has 53 heavy (non-hydrogen) atoms. The Balaban J connectivity index is 1.14. The monoisotopic (exact) mass is 758 g/mol. The van der Waals surface area contributed by atoms with Crippen molar-refractivity contribution < 1.29 is 69.6 Å². The average Bonchev–Trinajstić information content (AvgIpc) is 3.31. The Morgan fingerprint density at radius 2 is 1.47 bits per heavy atom. The fourth-order valence-electron chi connectivity index (χ4n) is 11.8. The normalized spacial score (nSPS) is 51.2. The van der Waals surface area contributed by atoms with E-state index in [4.69, 9.17) is 23.7 Å². The van der Waals surface area contributed by atoms with Crippen LogP contribution in [0, 0.1) is 46.3 Å². The minimum Gasteiger partial charge on any atom is -0.390 e. The molecule has 14 nitrogen and oxygen atoms in total. The number of fused-ring (bicyclic) bond motifs is 5. The molecule has 2 aliphatic heterocycles. The molecule has 14 heteroatoms. The highest BCUT2D eigenvalue weighted by atomic mass is 16.7. The molecule has 6 aliphatic rings. The van der Waals surface area contributed by atoms with Gasteiger partial charge in [0.25, 0.3) is 0 Å². The van der Waals surface area contributed by atoms with E-state index in [0.717, 1.165) is 18.4 Å². The predicted molar refractivity (Wildman–Crippen MR) is 189 cm³/mol. The van der Waals surface area contributed by atoms with Crippen LogP contribution >= 0.6 is 0 Å². The summed E-state index contributed by atoms with van der Waals surface area (Å²) in [5, 5.41) is 98.8. The van der Waals surface area contributed by atoms with Crippen molar-refractivity contribution in [3.63, 3.8) is 0 Å². The van der Waals surface area contributed by atoms with E-state index in [1.807, 2.05) is 6.08 Å². The van der Waals surface area contributed by atoms with E-state index in [0.29, 0.717) is 25.7 Å². The molecule has 0 aromatic rings. The lowest BCUT2D eigenvalue weighted by molar-refractivity contribution is -0.285. The third kappa shape index (κ3) is 7.30. The van der Waals surface area contributed by atoms with Gasteiger partial charge in [0, 0.05) is 19.4 Å². The summed E-state index contributed by atoms with van der Waals surface area (Å²) in [7, 11) is 1.42. The van der Waals surface area contributed by atoms with Crippen molar-refractivity contribution in [1.82, 2.24) is 0 Å². The molecule has 5 fully saturated rings. The van der Waals surface area contributed by atoms with Gasteiger partial charge in [0.15, 0.2) is 12.6 Å². The Labute approximate surface area is 313 Å². The summed E-state index contributed by atoms with van der Waals surface area (Å²) in [6.45, 7) is 10.5. The first kappa shape index (κ1) is 41.8. The lowest BCUT2D eigenvalue weighted by Gasteiger charge is -2.64. The molecule has 306 valence electrons. The molecule has 0 amide bonds. The molecular weight excluding hydrogens is 692 g/mol. The maximum absolute atomic E-state index is 12.8. The van der Waals surface area contributed by atoms with Crippen LogP contribution in [0.25, 0.3) is 0 Å². The van der Waals surface area contributed by atoms with E-state index >= 15 is 0 Å². The van der Waals surface area contributed by atoms with Crippen LogP contribution in [0.5, 0.6) is 0 Å². The standard InChI is InChI=1S/C39H66O14/c1-18(2)20(15-50-35-32(47)28(43)24(41)16-51-35)8-7-19(3)27-30(45)31(46)34-38(27,5)12-10-26-37(4)11-9-21(13-22(37)23(40)14-39(26,34)48)53-36-33(49-6)29(44)25(42)17-52-36/h13,18-21,23-36,40-48H,7-12,14-17H2,1-6H3/t19-,20?,21+,23-,24-,25-,26?,27+,28+,29+,30-,31+,32-,33-,34?,35-,36+,37+,38-,39+/m1/s1. The van der Waals surface area contributed by atoms with Gasteiger partial charge in [-0.15, -0.1) is 0 Å². The summed E-state index contributed by atoms with van der Waals surface area (Å²) >= 11 is 0. The molecule has 0 radical (unpaired) electrons. The summed E-state index contributed by atoms with van der Waals surface area (Å²) < 4.78 is 28.7. The molecule has 2 heterocycles. The van der Waals surface area contributed by atoms with Gasteiger partial charge in [-0.05, 0) is 84.5 Å². The number of rotatable bonds is 11. The molecule has 9 N–H and O–H groups in total. The number of aliphatic hydroxyl groups excluding tert-OH is 8. The minimum atomic E-state index is -1.43. The summed E-state index contributed by atoms with van der Waals surface area (Å²) in [6.07, 6.45) is -6.71.